The summed E-state index contributed by atoms with van der Waals surface area (Å²) < 4.78 is 18.4. The second kappa shape index (κ2) is 10.5. The molecule has 0 radical (unpaired) electrons. The normalized spacial score (nSPS) is 11.7. The number of rotatable bonds is 10. The molecule has 3 rings (SSSR count). The molecule has 0 saturated heterocycles. The van der Waals surface area contributed by atoms with Crippen LogP contribution in [0.25, 0.3) is 10.6 Å². The van der Waals surface area contributed by atoms with Gasteiger partial charge in [0.05, 0.1) is 43.1 Å². The predicted octanol–water partition coefficient (Wildman–Crippen LogP) is 5.82. The molecule has 0 unspecified atom stereocenters. The standard InChI is InChI=1S/C24H29ClN2O4S/c1-16(2)14-30-22-11-10-21(32-22)20-12-18(15-31-24(3,4)23(28)29-5)26-27(20)13-17-8-6-7-9-19(17)25/h6-12,16H,13-15H2,1-5H3. The number of halogens is 1. The molecule has 32 heavy (non-hydrogen) atoms. The van der Waals surface area contributed by atoms with Gasteiger partial charge in [0.15, 0.2) is 10.7 Å². The molecule has 8 heteroatoms. The molecule has 172 valence electrons. The van der Waals surface area contributed by atoms with Crippen LogP contribution in [0.5, 0.6) is 5.06 Å². The average Bonchev–Trinajstić information content (AvgIpc) is 3.38. The van der Waals surface area contributed by atoms with Gasteiger partial charge in [-0.2, -0.15) is 5.10 Å². The van der Waals surface area contributed by atoms with Crippen LogP contribution in [0.4, 0.5) is 0 Å². The van der Waals surface area contributed by atoms with Gasteiger partial charge in [-0.1, -0.05) is 55.0 Å². The molecule has 0 atom stereocenters. The zero-order valence-electron chi connectivity index (χ0n) is 19.1. The van der Waals surface area contributed by atoms with Crippen LogP contribution < -0.4 is 4.74 Å². The Balaban J connectivity index is 1.88. The Morgan fingerprint density at radius 1 is 1.22 bits per heavy atom. The highest BCUT2D eigenvalue weighted by molar-refractivity contribution is 7.17. The van der Waals surface area contributed by atoms with E-state index in [1.807, 2.05) is 47.1 Å². The van der Waals surface area contributed by atoms with Crippen LogP contribution in [0.1, 0.15) is 39.0 Å². The van der Waals surface area contributed by atoms with Gasteiger partial charge in [0.25, 0.3) is 0 Å². The maximum Gasteiger partial charge on any atom is 0.337 e. The molecular weight excluding hydrogens is 448 g/mol. The van der Waals surface area contributed by atoms with Gasteiger partial charge in [-0.15, -0.1) is 0 Å². The predicted molar refractivity (Wildman–Crippen MR) is 127 cm³/mol. The summed E-state index contributed by atoms with van der Waals surface area (Å²) in [6, 6.07) is 13.7. The number of carbonyl (C=O) groups excluding carboxylic acids is 1. The van der Waals surface area contributed by atoms with Crippen LogP contribution in [0, 0.1) is 5.92 Å². The monoisotopic (exact) mass is 476 g/mol. The lowest BCUT2D eigenvalue weighted by Crippen LogP contribution is -2.35. The summed E-state index contributed by atoms with van der Waals surface area (Å²) in [6.07, 6.45) is 0. The molecule has 0 saturated carbocycles. The highest BCUT2D eigenvalue weighted by Gasteiger charge is 2.30. The maximum absolute atomic E-state index is 11.9. The second-order valence-electron chi connectivity index (χ2n) is 8.38. The molecular formula is C24H29ClN2O4S. The molecule has 2 heterocycles. The van der Waals surface area contributed by atoms with Crippen molar-refractivity contribution in [3.05, 3.63) is 58.7 Å². The van der Waals surface area contributed by atoms with Crippen molar-refractivity contribution in [2.45, 2.75) is 46.4 Å². The molecule has 0 spiro atoms. The van der Waals surface area contributed by atoms with Gasteiger partial charge in [0, 0.05) is 5.02 Å². The summed E-state index contributed by atoms with van der Waals surface area (Å²) in [6.45, 7) is 8.95. The lowest BCUT2D eigenvalue weighted by molar-refractivity contribution is -0.166. The maximum atomic E-state index is 11.9. The van der Waals surface area contributed by atoms with Gasteiger partial charge in [0.1, 0.15) is 0 Å². The molecule has 0 amide bonds. The Bertz CT molecular complexity index is 1060. The SMILES string of the molecule is COC(=O)C(C)(C)OCc1cc(-c2ccc(OCC(C)C)s2)n(Cc2ccccc2Cl)n1. The minimum absolute atomic E-state index is 0.173. The molecule has 1 aromatic carbocycles. The van der Waals surface area contributed by atoms with Crippen molar-refractivity contribution < 1.29 is 19.0 Å². The van der Waals surface area contributed by atoms with Crippen molar-refractivity contribution >= 4 is 28.9 Å². The summed E-state index contributed by atoms with van der Waals surface area (Å²) in [5, 5.41) is 6.29. The molecule has 2 aromatic heterocycles. The number of carbonyl (C=O) groups is 1. The molecule has 0 aliphatic heterocycles. The van der Waals surface area contributed by atoms with E-state index in [1.54, 1.807) is 25.2 Å². The largest absolute Gasteiger partial charge is 0.484 e. The van der Waals surface area contributed by atoms with Gasteiger partial charge >= 0.3 is 5.97 Å². The summed E-state index contributed by atoms with van der Waals surface area (Å²) in [4.78, 5) is 13.0. The first-order valence-corrected chi connectivity index (χ1v) is 11.6. The minimum atomic E-state index is -1.07. The van der Waals surface area contributed by atoms with Crippen LogP contribution in [0.2, 0.25) is 5.02 Å². The molecule has 0 N–H and O–H groups in total. The summed E-state index contributed by atoms with van der Waals surface area (Å²) in [5.41, 5.74) is 1.54. The van der Waals surface area contributed by atoms with Crippen molar-refractivity contribution in [2.24, 2.45) is 5.92 Å². The van der Waals surface area contributed by atoms with Crippen LogP contribution in [-0.2, 0) is 27.4 Å². The number of ether oxygens (including phenoxy) is 3. The molecule has 6 nitrogen and oxygen atoms in total. The zero-order chi connectivity index (χ0) is 23.3. The summed E-state index contributed by atoms with van der Waals surface area (Å²) in [5.74, 6) is 0.0200. The van der Waals surface area contributed by atoms with E-state index in [2.05, 4.69) is 13.8 Å². The molecule has 0 aliphatic rings. The number of hydrogen-bond donors (Lipinski definition) is 0. The van der Waals surface area contributed by atoms with Gasteiger partial charge in [-0.05, 0) is 49.6 Å². The number of aromatic nitrogens is 2. The van der Waals surface area contributed by atoms with E-state index in [4.69, 9.17) is 30.9 Å². The molecule has 0 bridgehead atoms. The first kappa shape index (κ1) is 24.3. The van der Waals surface area contributed by atoms with Crippen molar-refractivity contribution in [2.75, 3.05) is 13.7 Å². The van der Waals surface area contributed by atoms with E-state index in [-0.39, 0.29) is 6.61 Å². The topological polar surface area (TPSA) is 62.6 Å². The van der Waals surface area contributed by atoms with Crippen LogP contribution in [0.3, 0.4) is 0 Å². The highest BCUT2D eigenvalue weighted by atomic mass is 35.5. The fourth-order valence-electron chi connectivity index (χ4n) is 2.99. The number of hydrogen-bond acceptors (Lipinski definition) is 6. The Morgan fingerprint density at radius 2 is 1.97 bits per heavy atom. The first-order valence-electron chi connectivity index (χ1n) is 10.4. The molecule has 0 fully saturated rings. The number of thiophene rings is 1. The highest BCUT2D eigenvalue weighted by Crippen LogP contribution is 2.34. The van der Waals surface area contributed by atoms with E-state index in [9.17, 15) is 4.79 Å². The van der Waals surface area contributed by atoms with Gasteiger partial charge in [-0.25, -0.2) is 4.79 Å². The van der Waals surface area contributed by atoms with Gasteiger partial charge < -0.3 is 14.2 Å². The molecule has 3 aromatic rings. The average molecular weight is 477 g/mol. The van der Waals surface area contributed by atoms with E-state index in [0.29, 0.717) is 29.8 Å². The molecule has 0 aliphatic carbocycles. The minimum Gasteiger partial charge on any atom is -0.484 e. The Kier molecular flexibility index (Phi) is 7.98. The Hall–Kier alpha value is -2.35. The third-order valence-electron chi connectivity index (χ3n) is 4.76. The van der Waals surface area contributed by atoms with Crippen LogP contribution >= 0.6 is 22.9 Å². The summed E-state index contributed by atoms with van der Waals surface area (Å²) in [7, 11) is 1.35. The number of benzene rings is 1. The third-order valence-corrected chi connectivity index (χ3v) is 6.15. The van der Waals surface area contributed by atoms with E-state index in [1.165, 1.54) is 7.11 Å². The van der Waals surface area contributed by atoms with E-state index < -0.39 is 11.6 Å². The van der Waals surface area contributed by atoms with E-state index >= 15 is 0 Å². The number of esters is 1. The summed E-state index contributed by atoms with van der Waals surface area (Å²) >= 11 is 7.96. The van der Waals surface area contributed by atoms with Crippen molar-refractivity contribution in [1.82, 2.24) is 9.78 Å². The van der Waals surface area contributed by atoms with Gasteiger partial charge in [0.2, 0.25) is 0 Å². The first-order chi connectivity index (χ1) is 15.2. The fraction of sp³-hybridized carbons (Fsp3) is 0.417. The van der Waals surface area contributed by atoms with Crippen molar-refractivity contribution in [3.63, 3.8) is 0 Å². The third kappa shape index (κ3) is 6.12. The lowest BCUT2D eigenvalue weighted by Gasteiger charge is -2.21. The number of methoxy groups -OCH3 is 1. The Morgan fingerprint density at radius 3 is 2.66 bits per heavy atom. The van der Waals surface area contributed by atoms with E-state index in [0.717, 1.165) is 21.2 Å². The fourth-order valence-corrected chi connectivity index (χ4v) is 4.07. The van der Waals surface area contributed by atoms with Crippen LogP contribution in [-0.4, -0.2) is 35.1 Å². The number of nitrogens with zero attached hydrogens (tertiary/aromatic N) is 2. The zero-order valence-corrected chi connectivity index (χ0v) is 20.6. The second-order valence-corrected chi connectivity index (χ2v) is 9.84. The van der Waals surface area contributed by atoms with Gasteiger partial charge in [-0.3, -0.25) is 4.68 Å². The quantitative estimate of drug-likeness (QED) is 0.345. The van der Waals surface area contributed by atoms with Crippen molar-refractivity contribution in [1.29, 1.82) is 0 Å². The van der Waals surface area contributed by atoms with Crippen molar-refractivity contribution in [3.8, 4) is 15.6 Å². The lowest BCUT2D eigenvalue weighted by atomic mass is 10.1. The van der Waals surface area contributed by atoms with Crippen LogP contribution in [0.15, 0.2) is 42.5 Å². The smallest absolute Gasteiger partial charge is 0.337 e. The Labute approximate surface area is 198 Å².